The summed E-state index contributed by atoms with van der Waals surface area (Å²) in [5.41, 5.74) is 1.64. The summed E-state index contributed by atoms with van der Waals surface area (Å²) in [5, 5.41) is 2.72. The lowest BCUT2D eigenvalue weighted by atomic mass is 10.1. The van der Waals surface area contributed by atoms with Crippen molar-refractivity contribution in [1.29, 1.82) is 0 Å². The molecule has 28 heavy (non-hydrogen) atoms. The lowest BCUT2D eigenvalue weighted by Crippen LogP contribution is -2.09. The van der Waals surface area contributed by atoms with Crippen molar-refractivity contribution < 1.29 is 28.5 Å². The van der Waals surface area contributed by atoms with Crippen molar-refractivity contribution in [1.82, 2.24) is 0 Å². The summed E-state index contributed by atoms with van der Waals surface area (Å²) in [6, 6.07) is 9.94. The van der Waals surface area contributed by atoms with Gasteiger partial charge >= 0.3 is 5.97 Å². The monoisotopic (exact) mass is 385 g/mol. The Labute approximate surface area is 163 Å². The highest BCUT2D eigenvalue weighted by Gasteiger charge is 2.14. The van der Waals surface area contributed by atoms with Crippen LogP contribution in [0.2, 0.25) is 0 Å². The highest BCUT2D eigenvalue weighted by molar-refractivity contribution is 6.02. The first-order chi connectivity index (χ1) is 13.5. The van der Waals surface area contributed by atoms with Gasteiger partial charge in [-0.15, -0.1) is 0 Å². The Morgan fingerprint density at radius 1 is 0.929 bits per heavy atom. The van der Waals surface area contributed by atoms with Crippen molar-refractivity contribution in [2.75, 3.05) is 33.3 Å². The molecule has 0 unspecified atom stereocenters. The minimum atomic E-state index is -0.402. The molecule has 0 aromatic heterocycles. The number of carbonyl (C=O) groups is 2. The van der Waals surface area contributed by atoms with Gasteiger partial charge < -0.3 is 24.3 Å². The van der Waals surface area contributed by atoms with Gasteiger partial charge in [0.2, 0.25) is 11.7 Å². The fourth-order valence-electron chi connectivity index (χ4n) is 2.51. The number of esters is 1. The molecule has 2 aromatic carbocycles. The summed E-state index contributed by atoms with van der Waals surface area (Å²) in [6.45, 7) is 2.05. The summed E-state index contributed by atoms with van der Waals surface area (Å²) in [7, 11) is 4.56. The molecule has 0 atom stereocenters. The number of hydrogen-bond acceptors (Lipinski definition) is 6. The fourth-order valence-corrected chi connectivity index (χ4v) is 2.51. The van der Waals surface area contributed by atoms with E-state index in [0.29, 0.717) is 40.7 Å². The topological polar surface area (TPSA) is 83.1 Å². The third kappa shape index (κ3) is 5.03. The number of ether oxygens (including phenoxy) is 4. The van der Waals surface area contributed by atoms with Gasteiger partial charge in [0.25, 0.3) is 0 Å². The number of nitrogens with one attached hydrogen (secondary N) is 1. The van der Waals surface area contributed by atoms with Crippen LogP contribution in [0.15, 0.2) is 42.5 Å². The number of methoxy groups -OCH3 is 3. The van der Waals surface area contributed by atoms with Crippen LogP contribution in [0, 0.1) is 0 Å². The van der Waals surface area contributed by atoms with E-state index in [9.17, 15) is 9.59 Å². The minimum Gasteiger partial charge on any atom is -0.493 e. The average Bonchev–Trinajstić information content (AvgIpc) is 2.71. The Balaban J connectivity index is 2.11. The van der Waals surface area contributed by atoms with Gasteiger partial charge in [-0.2, -0.15) is 0 Å². The molecule has 2 rings (SSSR count). The second-order valence-corrected chi connectivity index (χ2v) is 5.54. The van der Waals surface area contributed by atoms with Crippen LogP contribution in [0.3, 0.4) is 0 Å². The predicted molar refractivity (Wildman–Crippen MR) is 106 cm³/mol. The molecular weight excluding hydrogens is 362 g/mol. The maximum atomic E-state index is 12.2. The van der Waals surface area contributed by atoms with Crippen molar-refractivity contribution in [3.8, 4) is 17.2 Å². The van der Waals surface area contributed by atoms with Crippen LogP contribution in [0.4, 0.5) is 5.69 Å². The zero-order valence-electron chi connectivity index (χ0n) is 16.3. The first-order valence-electron chi connectivity index (χ1n) is 8.59. The van der Waals surface area contributed by atoms with Gasteiger partial charge in [-0.05, 0) is 49.4 Å². The Hall–Kier alpha value is -3.48. The molecule has 0 bridgehead atoms. The number of benzene rings is 2. The summed E-state index contributed by atoms with van der Waals surface area (Å²) in [4.78, 5) is 23.8. The lowest BCUT2D eigenvalue weighted by molar-refractivity contribution is -0.111. The van der Waals surface area contributed by atoms with Crippen molar-refractivity contribution in [3.63, 3.8) is 0 Å². The third-order valence-electron chi connectivity index (χ3n) is 3.81. The summed E-state index contributed by atoms with van der Waals surface area (Å²) in [6.07, 6.45) is 2.99. The van der Waals surface area contributed by atoms with Gasteiger partial charge in [0, 0.05) is 17.3 Å². The standard InChI is InChI=1S/C21H23NO6/c1-5-28-21(24)15-6-10-16(11-7-15)22-18(23)13-9-14-8-12-17(25-2)20(27-4)19(14)26-3/h6-13H,5H2,1-4H3,(H,22,23)/b13-9+. The molecule has 0 fully saturated rings. The van der Waals surface area contributed by atoms with E-state index in [-0.39, 0.29) is 5.91 Å². The third-order valence-corrected chi connectivity index (χ3v) is 3.81. The maximum Gasteiger partial charge on any atom is 0.338 e. The SMILES string of the molecule is CCOC(=O)c1ccc(NC(=O)/C=C/c2ccc(OC)c(OC)c2OC)cc1. The Morgan fingerprint density at radius 3 is 2.18 bits per heavy atom. The first kappa shape index (κ1) is 20.8. The number of hydrogen-bond donors (Lipinski definition) is 1. The van der Waals surface area contributed by atoms with Crippen LogP contribution in [-0.2, 0) is 9.53 Å². The fraction of sp³-hybridized carbons (Fsp3) is 0.238. The van der Waals surface area contributed by atoms with Crippen LogP contribution in [0.25, 0.3) is 6.08 Å². The van der Waals surface area contributed by atoms with Gasteiger partial charge in [0.1, 0.15) is 0 Å². The normalized spacial score (nSPS) is 10.4. The Kier molecular flexibility index (Phi) is 7.45. The van der Waals surface area contributed by atoms with Crippen molar-refractivity contribution in [2.45, 2.75) is 6.92 Å². The predicted octanol–water partition coefficient (Wildman–Crippen LogP) is 3.54. The summed E-state index contributed by atoms with van der Waals surface area (Å²) in [5.74, 6) is 0.705. The van der Waals surface area contributed by atoms with Gasteiger partial charge in [-0.25, -0.2) is 4.79 Å². The van der Waals surface area contributed by atoms with Gasteiger partial charge in [0.05, 0.1) is 33.5 Å². The molecule has 0 aliphatic rings. The minimum absolute atomic E-state index is 0.307. The smallest absolute Gasteiger partial charge is 0.338 e. The number of carbonyl (C=O) groups excluding carboxylic acids is 2. The van der Waals surface area contributed by atoms with E-state index in [1.54, 1.807) is 49.4 Å². The highest BCUT2D eigenvalue weighted by atomic mass is 16.5. The second kappa shape index (κ2) is 10.0. The molecule has 0 aliphatic heterocycles. The summed E-state index contributed by atoms with van der Waals surface area (Å²) < 4.78 is 20.9. The van der Waals surface area contributed by atoms with Gasteiger partial charge in [-0.3, -0.25) is 4.79 Å². The molecule has 148 valence electrons. The number of rotatable bonds is 8. The van der Waals surface area contributed by atoms with Gasteiger partial charge in [0.15, 0.2) is 11.5 Å². The van der Waals surface area contributed by atoms with Crippen LogP contribution < -0.4 is 19.5 Å². The average molecular weight is 385 g/mol. The molecule has 0 saturated heterocycles. The zero-order valence-corrected chi connectivity index (χ0v) is 16.3. The van der Waals surface area contributed by atoms with E-state index in [2.05, 4.69) is 5.32 Å². The molecule has 7 nitrogen and oxygen atoms in total. The number of amides is 1. The Morgan fingerprint density at radius 2 is 1.61 bits per heavy atom. The van der Waals surface area contributed by atoms with Crippen molar-refractivity contribution in [2.24, 2.45) is 0 Å². The molecular formula is C21H23NO6. The molecule has 7 heteroatoms. The molecule has 0 saturated carbocycles. The maximum absolute atomic E-state index is 12.2. The molecule has 0 aliphatic carbocycles. The highest BCUT2D eigenvalue weighted by Crippen LogP contribution is 2.40. The molecule has 2 aromatic rings. The Bertz CT molecular complexity index is 858. The van der Waals surface area contributed by atoms with Crippen LogP contribution >= 0.6 is 0 Å². The van der Waals surface area contributed by atoms with Crippen LogP contribution in [0.5, 0.6) is 17.2 Å². The largest absolute Gasteiger partial charge is 0.493 e. The lowest BCUT2D eigenvalue weighted by Gasteiger charge is -2.14. The van der Waals surface area contributed by atoms with Crippen molar-refractivity contribution >= 4 is 23.6 Å². The van der Waals surface area contributed by atoms with E-state index in [1.807, 2.05) is 0 Å². The number of anilines is 1. The quantitative estimate of drug-likeness (QED) is 0.553. The molecule has 1 N–H and O–H groups in total. The van der Waals surface area contributed by atoms with E-state index >= 15 is 0 Å². The first-order valence-corrected chi connectivity index (χ1v) is 8.59. The van der Waals surface area contributed by atoms with E-state index in [1.165, 1.54) is 27.4 Å². The molecule has 1 amide bonds. The van der Waals surface area contributed by atoms with E-state index in [4.69, 9.17) is 18.9 Å². The van der Waals surface area contributed by atoms with Crippen molar-refractivity contribution in [3.05, 3.63) is 53.6 Å². The molecule has 0 radical (unpaired) electrons. The summed E-state index contributed by atoms with van der Waals surface area (Å²) >= 11 is 0. The van der Waals surface area contributed by atoms with Crippen LogP contribution in [-0.4, -0.2) is 39.8 Å². The van der Waals surface area contributed by atoms with E-state index in [0.717, 1.165) is 0 Å². The molecule has 0 heterocycles. The van der Waals surface area contributed by atoms with Crippen LogP contribution in [0.1, 0.15) is 22.8 Å². The molecule has 0 spiro atoms. The zero-order chi connectivity index (χ0) is 20.5. The van der Waals surface area contributed by atoms with Gasteiger partial charge in [-0.1, -0.05) is 0 Å². The van der Waals surface area contributed by atoms with E-state index < -0.39 is 5.97 Å². The second-order valence-electron chi connectivity index (χ2n) is 5.54.